The number of hydrogen-bond donors (Lipinski definition) is 0. The van der Waals surface area contributed by atoms with Crippen LogP contribution in [-0.4, -0.2) is 102 Å². The van der Waals surface area contributed by atoms with Gasteiger partial charge in [-0.1, -0.05) is 148 Å². The highest BCUT2D eigenvalue weighted by Crippen LogP contribution is 2.39. The molecule has 0 amide bonds. The van der Waals surface area contributed by atoms with Crippen LogP contribution in [0.2, 0.25) is 0 Å². The van der Waals surface area contributed by atoms with Crippen LogP contribution >= 0.6 is 0 Å². The van der Waals surface area contributed by atoms with Crippen molar-refractivity contribution in [2.45, 2.75) is 103 Å². The smallest absolute Gasteiger partial charge is 0.310 e. The molecule has 10 bridgehead atoms. The molecule has 0 spiro atoms. The molecule has 1 heterocycles. The summed E-state index contributed by atoms with van der Waals surface area (Å²) < 4.78 is 62.7. The number of nitrogens with zero attached hydrogens (tertiary/aromatic N) is 2. The van der Waals surface area contributed by atoms with Gasteiger partial charge in [-0.15, -0.1) is 0 Å². The van der Waals surface area contributed by atoms with Crippen molar-refractivity contribution in [3.63, 3.8) is 0 Å². The quantitative estimate of drug-likeness (QED) is 0.0317. The number of para-hydroxylation sites is 8. The first-order valence-corrected chi connectivity index (χ1v) is 29.4. The van der Waals surface area contributed by atoms with Gasteiger partial charge in [-0.25, -0.2) is 0 Å². The molecule has 0 fully saturated rings. The summed E-state index contributed by atoms with van der Waals surface area (Å²) in [6.07, 6.45) is 13.8. The van der Waals surface area contributed by atoms with E-state index in [4.69, 9.17) is 47.4 Å². The van der Waals surface area contributed by atoms with Crippen LogP contribution in [0.5, 0.6) is 34.5 Å². The third kappa shape index (κ3) is 19.2. The van der Waals surface area contributed by atoms with Gasteiger partial charge in [0, 0.05) is 37.8 Å². The van der Waals surface area contributed by atoms with Gasteiger partial charge < -0.3 is 47.4 Å². The molecule has 0 unspecified atom stereocenters. The summed E-state index contributed by atoms with van der Waals surface area (Å²) in [6, 6.07) is 38.8. The summed E-state index contributed by atoms with van der Waals surface area (Å²) in [7, 11) is 0. The van der Waals surface area contributed by atoms with E-state index in [1.54, 1.807) is 36.4 Å². The van der Waals surface area contributed by atoms with Gasteiger partial charge in [0.15, 0.2) is 11.5 Å². The predicted molar refractivity (Wildman–Crippen MR) is 315 cm³/mol. The van der Waals surface area contributed by atoms with Crippen LogP contribution in [0, 0.1) is 20.2 Å². The second-order valence-electron chi connectivity index (χ2n) is 20.6. The van der Waals surface area contributed by atoms with Crippen molar-refractivity contribution >= 4 is 11.4 Å². The highest BCUT2D eigenvalue weighted by molar-refractivity contribution is 5.56. The second-order valence-corrected chi connectivity index (χ2v) is 20.6. The number of nitro groups is 2. The van der Waals surface area contributed by atoms with Gasteiger partial charge in [0.05, 0.1) is 89.1 Å². The van der Waals surface area contributed by atoms with Crippen LogP contribution in [0.4, 0.5) is 11.4 Å². The van der Waals surface area contributed by atoms with Crippen LogP contribution in [0.3, 0.4) is 0 Å². The largest absolute Gasteiger partial charge is 0.493 e. The minimum absolute atomic E-state index is 0.0103. The van der Waals surface area contributed by atoms with E-state index in [-0.39, 0.29) is 11.4 Å². The van der Waals surface area contributed by atoms with Gasteiger partial charge in [-0.05, 0) is 82.3 Å². The summed E-state index contributed by atoms with van der Waals surface area (Å²) in [5, 5.41) is 22.8. The van der Waals surface area contributed by atoms with E-state index in [0.29, 0.717) is 130 Å². The Labute approximate surface area is 482 Å². The lowest BCUT2D eigenvalue weighted by molar-refractivity contribution is -0.386. The Kier molecular flexibility index (Phi) is 25.4. The maximum atomic E-state index is 11.4. The number of unbranched alkanes of at least 4 members (excludes halogenated alkanes) is 10. The number of fused-ring (bicyclic) bond motifs is 2. The maximum absolute atomic E-state index is 11.4. The Morgan fingerprint density at radius 2 is 0.585 bits per heavy atom. The molecule has 16 nitrogen and oxygen atoms in total. The molecule has 16 heteroatoms. The Balaban J connectivity index is 1.000. The summed E-state index contributed by atoms with van der Waals surface area (Å²) in [6.45, 7) is 6.14. The summed E-state index contributed by atoms with van der Waals surface area (Å²) in [5.74, 6) is 4.02. The lowest BCUT2D eigenvalue weighted by Gasteiger charge is -2.23. The third-order valence-corrected chi connectivity index (χ3v) is 14.5. The molecule has 0 aromatic heterocycles. The molecular formula is C66H80N2O14. The van der Waals surface area contributed by atoms with Crippen LogP contribution in [0.15, 0.2) is 121 Å². The van der Waals surface area contributed by atoms with E-state index >= 15 is 0 Å². The van der Waals surface area contributed by atoms with Crippen LogP contribution in [0.1, 0.15) is 122 Å². The fourth-order valence-corrected chi connectivity index (χ4v) is 10.4. The second kappa shape index (κ2) is 34.3. The summed E-state index contributed by atoms with van der Waals surface area (Å²) in [5.41, 5.74) is 8.42. The van der Waals surface area contributed by atoms with Crippen molar-refractivity contribution in [1.29, 1.82) is 0 Å². The lowest BCUT2D eigenvalue weighted by Crippen LogP contribution is -2.15. The maximum Gasteiger partial charge on any atom is 0.310 e. The third-order valence-electron chi connectivity index (χ3n) is 14.5. The number of hydrogen-bond acceptors (Lipinski definition) is 14. The Morgan fingerprint density at radius 1 is 0.317 bits per heavy atom. The number of benzene rings is 6. The van der Waals surface area contributed by atoms with E-state index < -0.39 is 9.85 Å². The molecule has 8 rings (SSSR count). The van der Waals surface area contributed by atoms with E-state index in [2.05, 4.69) is 72.8 Å². The fourth-order valence-electron chi connectivity index (χ4n) is 10.4. The van der Waals surface area contributed by atoms with Crippen LogP contribution in [-0.2, 0) is 44.6 Å². The van der Waals surface area contributed by atoms with Gasteiger partial charge >= 0.3 is 11.4 Å². The number of ether oxygens (including phenoxy) is 10. The van der Waals surface area contributed by atoms with Crippen LogP contribution < -0.4 is 28.4 Å². The molecule has 0 radical (unpaired) electrons. The predicted octanol–water partition coefficient (Wildman–Crippen LogP) is 13.6. The molecule has 6 aromatic carbocycles. The van der Waals surface area contributed by atoms with Crippen molar-refractivity contribution < 1.29 is 57.2 Å². The first-order valence-electron chi connectivity index (χ1n) is 29.4. The number of rotatable bonds is 24. The summed E-state index contributed by atoms with van der Waals surface area (Å²) in [4.78, 5) is 22.0. The molecule has 1 aliphatic carbocycles. The molecule has 0 saturated carbocycles. The average molecular weight is 1130 g/mol. The lowest BCUT2D eigenvalue weighted by atomic mass is 9.91. The Hall–Kier alpha value is -7.24. The molecule has 6 aromatic rings. The minimum atomic E-state index is -0.408. The average Bonchev–Trinajstić information content (AvgIpc) is 3.55. The summed E-state index contributed by atoms with van der Waals surface area (Å²) >= 11 is 0. The molecule has 2 aliphatic rings. The Morgan fingerprint density at radius 3 is 0.902 bits per heavy atom. The van der Waals surface area contributed by atoms with Crippen LogP contribution in [0.25, 0.3) is 0 Å². The van der Waals surface area contributed by atoms with E-state index in [0.717, 1.165) is 145 Å². The molecule has 0 N–H and O–H groups in total. The molecule has 82 heavy (non-hydrogen) atoms. The van der Waals surface area contributed by atoms with Crippen molar-refractivity contribution in [1.82, 2.24) is 0 Å². The van der Waals surface area contributed by atoms with Crippen molar-refractivity contribution in [3.05, 3.63) is 186 Å². The minimum Gasteiger partial charge on any atom is -0.493 e. The number of nitro benzene ring substituents is 2. The first kappa shape index (κ1) is 60.8. The molecule has 0 atom stereocenters. The van der Waals surface area contributed by atoms with Crippen molar-refractivity contribution in [3.8, 4) is 34.5 Å². The normalized spacial score (nSPS) is 14.4. The van der Waals surface area contributed by atoms with Gasteiger partial charge in [0.2, 0.25) is 0 Å². The topological polar surface area (TPSA) is 179 Å². The van der Waals surface area contributed by atoms with Crippen molar-refractivity contribution in [2.24, 2.45) is 0 Å². The SMILES string of the molecule is O=[N+]([O-])c1ccccc1OCCCCCCCCOc1c2cccc1Cc1cccc3c1OCCOCCOCCOCCOCCOc1c(cccc1Cc1cccc(c1OCCCCCCCCOc1ccccc1[N+](=O)[O-])C3)C2. The standard InChI is InChI=1S/C66H80N2O14/c69-67(70)59-29-9-11-31-61(59)77-33-13-5-1-3-7-15-35-79-63-51-21-17-22-52(63)48-56-26-20-28-58-50-54-24-18-23-53(64(54)80-36-16-8-4-2-6-14-34-78-62-32-12-10-30-60(62)68(71)72)49-57-27-19-25-55(47-51)65(57)81-45-43-75-41-39-73-37-38-74-40-42-76-44-46-82-66(56)58/h9-12,17-32H,1-8,13-16,33-50H2. The monoisotopic (exact) mass is 1120 g/mol. The molecule has 1 aliphatic heterocycles. The molecule has 0 saturated heterocycles. The van der Waals surface area contributed by atoms with E-state index in [1.807, 2.05) is 0 Å². The first-order chi connectivity index (χ1) is 40.4. The zero-order valence-corrected chi connectivity index (χ0v) is 47.4. The molecular weight excluding hydrogens is 1040 g/mol. The van der Waals surface area contributed by atoms with Gasteiger partial charge in [0.1, 0.15) is 36.2 Å². The Bertz CT molecular complexity index is 2630. The highest BCUT2D eigenvalue weighted by atomic mass is 16.6. The zero-order chi connectivity index (χ0) is 56.8. The van der Waals surface area contributed by atoms with Crippen molar-refractivity contribution in [2.75, 3.05) is 92.5 Å². The fraction of sp³-hybridized carbons (Fsp3) is 0.455. The molecule has 438 valence electrons. The van der Waals surface area contributed by atoms with Gasteiger partial charge in [-0.2, -0.15) is 0 Å². The zero-order valence-electron chi connectivity index (χ0n) is 47.4. The van der Waals surface area contributed by atoms with Gasteiger partial charge in [-0.3, -0.25) is 20.2 Å². The van der Waals surface area contributed by atoms with E-state index in [9.17, 15) is 20.2 Å². The van der Waals surface area contributed by atoms with E-state index in [1.165, 1.54) is 12.1 Å². The van der Waals surface area contributed by atoms with Gasteiger partial charge in [0.25, 0.3) is 0 Å². The highest BCUT2D eigenvalue weighted by Gasteiger charge is 2.23.